The second-order valence-electron chi connectivity index (χ2n) is 4.30. The van der Waals surface area contributed by atoms with Crippen molar-refractivity contribution < 1.29 is 0 Å². The maximum absolute atomic E-state index is 8.96. The van der Waals surface area contributed by atoms with Crippen molar-refractivity contribution in [1.82, 2.24) is 4.90 Å². The fourth-order valence-electron chi connectivity index (χ4n) is 2.55. The lowest BCUT2D eigenvalue weighted by Crippen LogP contribution is -2.44. The van der Waals surface area contributed by atoms with Gasteiger partial charge in [-0.15, -0.1) is 0 Å². The van der Waals surface area contributed by atoms with Crippen LogP contribution in [0.5, 0.6) is 0 Å². The summed E-state index contributed by atoms with van der Waals surface area (Å²) in [6.45, 7) is 0.919. The monoisotopic (exact) mass is 188 g/mol. The first kappa shape index (κ1) is 9.48. The Morgan fingerprint density at radius 1 is 1.43 bits per heavy atom. The molecule has 0 amide bonds. The first-order valence-electron chi connectivity index (χ1n) is 5.24. The van der Waals surface area contributed by atoms with E-state index >= 15 is 0 Å². The molecule has 1 heterocycles. The van der Waals surface area contributed by atoms with E-state index in [-0.39, 0.29) is 5.92 Å². The fraction of sp³-hybridized carbons (Fsp3) is 0.583. The third kappa shape index (κ3) is 1.73. The summed E-state index contributed by atoms with van der Waals surface area (Å²) >= 11 is 0. The number of likely N-dealkylation sites (tertiary alicyclic amines) is 1. The van der Waals surface area contributed by atoms with Crippen LogP contribution in [0.15, 0.2) is 24.3 Å². The molecule has 0 bridgehead atoms. The predicted molar refractivity (Wildman–Crippen MR) is 56.5 cm³/mol. The van der Waals surface area contributed by atoms with E-state index in [1.807, 2.05) is 0 Å². The van der Waals surface area contributed by atoms with E-state index < -0.39 is 0 Å². The van der Waals surface area contributed by atoms with Gasteiger partial charge in [-0.25, -0.2) is 0 Å². The van der Waals surface area contributed by atoms with Crippen molar-refractivity contribution in [2.45, 2.75) is 18.9 Å². The van der Waals surface area contributed by atoms with Crippen LogP contribution < -0.4 is 0 Å². The number of hydrogen-bond donors (Lipinski definition) is 0. The topological polar surface area (TPSA) is 27.0 Å². The number of allylic oxidation sites excluding steroid dienone is 3. The average Bonchev–Trinajstić information content (AvgIpc) is 2.42. The minimum Gasteiger partial charge on any atom is -0.298 e. The zero-order valence-corrected chi connectivity index (χ0v) is 8.56. The number of fused-ring (bicyclic) bond motifs is 1. The second kappa shape index (κ2) is 3.98. The number of rotatable bonds is 0. The molecule has 0 saturated carbocycles. The van der Waals surface area contributed by atoms with E-state index in [0.717, 1.165) is 19.4 Å². The van der Waals surface area contributed by atoms with Crippen LogP contribution in [-0.2, 0) is 0 Å². The summed E-state index contributed by atoms with van der Waals surface area (Å²) in [7, 11) is 2.12. The van der Waals surface area contributed by atoms with Crippen molar-refractivity contribution in [2.75, 3.05) is 13.6 Å². The summed E-state index contributed by atoms with van der Waals surface area (Å²) in [6, 6.07) is 2.93. The minimum atomic E-state index is 0.223. The maximum atomic E-state index is 8.96. The third-order valence-electron chi connectivity index (χ3n) is 3.26. The Hall–Kier alpha value is -1.07. The molecule has 2 nitrogen and oxygen atoms in total. The SMILES string of the molecule is CN1CC(C#N)CC2CC=CC=CC21. The first-order chi connectivity index (χ1) is 6.81. The van der Waals surface area contributed by atoms with E-state index in [1.165, 1.54) is 0 Å². The molecule has 0 spiro atoms. The molecule has 0 aromatic rings. The molecule has 1 saturated heterocycles. The summed E-state index contributed by atoms with van der Waals surface area (Å²) in [5.74, 6) is 0.856. The normalized spacial score (nSPS) is 37.3. The second-order valence-corrected chi connectivity index (χ2v) is 4.30. The first-order valence-corrected chi connectivity index (χ1v) is 5.24. The van der Waals surface area contributed by atoms with Crippen LogP contribution in [0.3, 0.4) is 0 Å². The Labute approximate surface area is 85.5 Å². The van der Waals surface area contributed by atoms with Crippen molar-refractivity contribution in [2.24, 2.45) is 11.8 Å². The quantitative estimate of drug-likeness (QED) is 0.581. The lowest BCUT2D eigenvalue weighted by Gasteiger charge is -2.39. The standard InChI is InChI=1S/C12H16N2/c1-14-9-10(8-13)7-11-5-3-2-4-6-12(11)14/h2-4,6,10-12H,5,7,9H2,1H3. The smallest absolute Gasteiger partial charge is 0.0669 e. The lowest BCUT2D eigenvalue weighted by molar-refractivity contribution is 0.130. The number of likely N-dealkylation sites (N-methyl/N-ethyl adjacent to an activating group) is 1. The van der Waals surface area contributed by atoms with E-state index in [0.29, 0.717) is 12.0 Å². The molecule has 2 rings (SSSR count). The Morgan fingerprint density at radius 2 is 2.29 bits per heavy atom. The highest BCUT2D eigenvalue weighted by Crippen LogP contribution is 2.31. The Bertz CT molecular complexity index is 298. The van der Waals surface area contributed by atoms with Gasteiger partial charge in [0.15, 0.2) is 0 Å². The molecule has 3 unspecified atom stereocenters. The lowest BCUT2D eigenvalue weighted by atomic mass is 9.82. The number of piperidine rings is 1. The van der Waals surface area contributed by atoms with Crippen molar-refractivity contribution >= 4 is 0 Å². The van der Waals surface area contributed by atoms with Crippen LogP contribution in [0.1, 0.15) is 12.8 Å². The molecule has 2 heteroatoms. The highest BCUT2D eigenvalue weighted by molar-refractivity contribution is 5.14. The van der Waals surface area contributed by atoms with Crippen LogP contribution in [0, 0.1) is 23.2 Å². The van der Waals surface area contributed by atoms with Gasteiger partial charge in [-0.2, -0.15) is 5.26 Å². The highest BCUT2D eigenvalue weighted by atomic mass is 15.1. The minimum absolute atomic E-state index is 0.223. The molecule has 0 radical (unpaired) electrons. The molecule has 0 aromatic heterocycles. The zero-order valence-electron chi connectivity index (χ0n) is 8.56. The highest BCUT2D eigenvalue weighted by Gasteiger charge is 2.32. The summed E-state index contributed by atoms with van der Waals surface area (Å²) in [6.07, 6.45) is 10.9. The van der Waals surface area contributed by atoms with Crippen LogP contribution in [0.25, 0.3) is 0 Å². The van der Waals surface area contributed by atoms with Gasteiger partial charge < -0.3 is 0 Å². The van der Waals surface area contributed by atoms with Gasteiger partial charge in [0, 0.05) is 12.6 Å². The predicted octanol–water partition coefficient (Wildman–Crippen LogP) is 1.96. The maximum Gasteiger partial charge on any atom is 0.0669 e. The van der Waals surface area contributed by atoms with Crippen LogP contribution in [-0.4, -0.2) is 24.5 Å². The molecule has 3 atom stereocenters. The molecule has 2 aliphatic rings. The number of hydrogen-bond acceptors (Lipinski definition) is 2. The van der Waals surface area contributed by atoms with E-state index in [2.05, 4.69) is 42.3 Å². The van der Waals surface area contributed by atoms with Gasteiger partial charge in [-0.05, 0) is 25.8 Å². The molecule has 74 valence electrons. The van der Waals surface area contributed by atoms with E-state index in [4.69, 9.17) is 5.26 Å². The summed E-state index contributed by atoms with van der Waals surface area (Å²) in [5.41, 5.74) is 0. The Morgan fingerprint density at radius 3 is 3.07 bits per heavy atom. The van der Waals surface area contributed by atoms with Crippen LogP contribution >= 0.6 is 0 Å². The van der Waals surface area contributed by atoms with E-state index in [9.17, 15) is 0 Å². The van der Waals surface area contributed by atoms with Gasteiger partial charge in [0.05, 0.1) is 12.0 Å². The molecule has 1 aliphatic heterocycles. The number of nitrogens with zero attached hydrogens (tertiary/aromatic N) is 2. The van der Waals surface area contributed by atoms with E-state index in [1.54, 1.807) is 0 Å². The Balaban J connectivity index is 2.15. The molecule has 1 fully saturated rings. The molecule has 14 heavy (non-hydrogen) atoms. The van der Waals surface area contributed by atoms with Crippen molar-refractivity contribution in [3.63, 3.8) is 0 Å². The summed E-state index contributed by atoms with van der Waals surface area (Å²) < 4.78 is 0. The van der Waals surface area contributed by atoms with Crippen LogP contribution in [0.4, 0.5) is 0 Å². The fourth-order valence-corrected chi connectivity index (χ4v) is 2.55. The van der Waals surface area contributed by atoms with Gasteiger partial charge in [0.1, 0.15) is 0 Å². The summed E-state index contributed by atoms with van der Waals surface area (Å²) in [4.78, 5) is 2.31. The third-order valence-corrected chi connectivity index (χ3v) is 3.26. The number of nitriles is 1. The molecule has 0 aromatic carbocycles. The zero-order chi connectivity index (χ0) is 9.97. The van der Waals surface area contributed by atoms with Gasteiger partial charge in [0.25, 0.3) is 0 Å². The summed E-state index contributed by atoms with van der Waals surface area (Å²) in [5, 5.41) is 8.96. The van der Waals surface area contributed by atoms with Gasteiger partial charge in [0.2, 0.25) is 0 Å². The van der Waals surface area contributed by atoms with Crippen molar-refractivity contribution in [3.8, 4) is 6.07 Å². The van der Waals surface area contributed by atoms with Crippen LogP contribution in [0.2, 0.25) is 0 Å². The molecule has 1 aliphatic carbocycles. The Kier molecular flexibility index (Phi) is 2.69. The van der Waals surface area contributed by atoms with Gasteiger partial charge in [-0.3, -0.25) is 4.90 Å². The largest absolute Gasteiger partial charge is 0.298 e. The molecular weight excluding hydrogens is 172 g/mol. The average molecular weight is 188 g/mol. The van der Waals surface area contributed by atoms with Gasteiger partial charge >= 0.3 is 0 Å². The van der Waals surface area contributed by atoms with Crippen molar-refractivity contribution in [1.29, 1.82) is 5.26 Å². The van der Waals surface area contributed by atoms with Gasteiger partial charge in [-0.1, -0.05) is 24.3 Å². The van der Waals surface area contributed by atoms with Crippen molar-refractivity contribution in [3.05, 3.63) is 24.3 Å². The molecule has 0 N–H and O–H groups in total. The molecular formula is C12H16N2.